The summed E-state index contributed by atoms with van der Waals surface area (Å²) in [5, 5.41) is 5.26. The minimum absolute atomic E-state index is 0.00254. The third kappa shape index (κ3) is 5.10. The maximum absolute atomic E-state index is 11.5. The number of carbonyl (C=O) groups is 2. The lowest BCUT2D eigenvalue weighted by Gasteiger charge is -2.06. The molecule has 0 saturated heterocycles. The van der Waals surface area contributed by atoms with E-state index in [1.807, 2.05) is 0 Å². The fourth-order valence-electron chi connectivity index (χ4n) is 1.23. The second-order valence-electron chi connectivity index (χ2n) is 3.63. The maximum Gasteiger partial charge on any atom is 0.253 e. The van der Waals surface area contributed by atoms with Crippen molar-refractivity contribution in [3.63, 3.8) is 0 Å². The number of aromatic nitrogens is 1. The van der Waals surface area contributed by atoms with E-state index in [2.05, 4.69) is 22.5 Å². The summed E-state index contributed by atoms with van der Waals surface area (Å²) in [7, 11) is 0. The number of hydrogen-bond donors (Lipinski definition) is 2. The van der Waals surface area contributed by atoms with Crippen molar-refractivity contribution in [3.05, 3.63) is 30.1 Å². The van der Waals surface area contributed by atoms with Crippen LogP contribution in [0, 0.1) is 0 Å². The molecule has 0 fully saturated rings. The number of nitrogens with zero attached hydrogens (tertiary/aromatic N) is 1. The second-order valence-corrected chi connectivity index (χ2v) is 3.63. The molecule has 0 bridgehead atoms. The summed E-state index contributed by atoms with van der Waals surface area (Å²) in [6.07, 6.45) is 5.03. The van der Waals surface area contributed by atoms with Crippen LogP contribution in [0.5, 0.6) is 0 Å². The molecule has 0 aliphatic heterocycles. The van der Waals surface area contributed by atoms with Crippen molar-refractivity contribution in [2.45, 2.75) is 19.8 Å². The molecule has 0 radical (unpaired) electrons. The van der Waals surface area contributed by atoms with Crippen molar-refractivity contribution < 1.29 is 9.59 Å². The Morgan fingerprint density at radius 1 is 1.35 bits per heavy atom. The first-order chi connectivity index (χ1) is 8.24. The number of hydrogen-bond acceptors (Lipinski definition) is 3. The molecule has 0 atom stereocenters. The van der Waals surface area contributed by atoms with Gasteiger partial charge in [0, 0.05) is 18.9 Å². The lowest BCUT2D eigenvalue weighted by molar-refractivity contribution is -0.120. The first-order valence-electron chi connectivity index (χ1n) is 5.69. The number of amides is 2. The standard InChI is InChI=1S/C12H17N3O2/c1-2-3-7-14-11(16)9-15-12(17)10-5-4-6-13-8-10/h4-6,8H,2-3,7,9H2,1H3,(H,14,16)(H,15,17). The van der Waals surface area contributed by atoms with E-state index < -0.39 is 0 Å². The molecular formula is C12H17N3O2. The van der Waals surface area contributed by atoms with E-state index in [9.17, 15) is 9.59 Å². The summed E-state index contributed by atoms with van der Waals surface area (Å²) < 4.78 is 0. The van der Waals surface area contributed by atoms with Crippen molar-refractivity contribution in [1.82, 2.24) is 15.6 Å². The Bertz CT molecular complexity index is 365. The average Bonchev–Trinajstić information content (AvgIpc) is 2.37. The first kappa shape index (κ1) is 13.2. The summed E-state index contributed by atoms with van der Waals surface area (Å²) in [5.74, 6) is -0.459. The smallest absolute Gasteiger partial charge is 0.253 e. The van der Waals surface area contributed by atoms with Gasteiger partial charge in [0.15, 0.2) is 0 Å². The van der Waals surface area contributed by atoms with E-state index in [-0.39, 0.29) is 18.4 Å². The molecule has 1 aromatic heterocycles. The van der Waals surface area contributed by atoms with Crippen molar-refractivity contribution in [1.29, 1.82) is 0 Å². The topological polar surface area (TPSA) is 71.1 Å². The van der Waals surface area contributed by atoms with Crippen LogP contribution in [0.3, 0.4) is 0 Å². The van der Waals surface area contributed by atoms with Gasteiger partial charge in [0.2, 0.25) is 5.91 Å². The zero-order valence-corrected chi connectivity index (χ0v) is 9.90. The Labute approximate surface area is 101 Å². The summed E-state index contributed by atoms with van der Waals surface area (Å²) in [6, 6.07) is 3.33. The van der Waals surface area contributed by atoms with Crippen LogP contribution in [0.15, 0.2) is 24.5 Å². The zero-order valence-electron chi connectivity index (χ0n) is 9.90. The lowest BCUT2D eigenvalue weighted by Crippen LogP contribution is -2.37. The van der Waals surface area contributed by atoms with Gasteiger partial charge in [-0.3, -0.25) is 14.6 Å². The first-order valence-corrected chi connectivity index (χ1v) is 5.69. The summed E-state index contributed by atoms with van der Waals surface area (Å²) >= 11 is 0. The van der Waals surface area contributed by atoms with E-state index in [4.69, 9.17) is 0 Å². The largest absolute Gasteiger partial charge is 0.355 e. The number of pyridine rings is 1. The molecular weight excluding hydrogens is 218 g/mol. The van der Waals surface area contributed by atoms with E-state index in [0.717, 1.165) is 12.8 Å². The SMILES string of the molecule is CCCCNC(=O)CNC(=O)c1cccnc1. The molecule has 5 heteroatoms. The van der Waals surface area contributed by atoms with Gasteiger partial charge in [0.25, 0.3) is 5.91 Å². The molecule has 5 nitrogen and oxygen atoms in total. The zero-order chi connectivity index (χ0) is 12.5. The quantitative estimate of drug-likeness (QED) is 0.714. The van der Waals surface area contributed by atoms with E-state index in [1.165, 1.54) is 6.20 Å². The molecule has 17 heavy (non-hydrogen) atoms. The van der Waals surface area contributed by atoms with Crippen LogP contribution in [0.25, 0.3) is 0 Å². The molecule has 1 rings (SSSR count). The number of nitrogens with one attached hydrogen (secondary N) is 2. The Balaban J connectivity index is 2.26. The van der Waals surface area contributed by atoms with E-state index in [1.54, 1.807) is 18.3 Å². The molecule has 0 saturated carbocycles. The van der Waals surface area contributed by atoms with Gasteiger partial charge in [0.05, 0.1) is 12.1 Å². The predicted molar refractivity (Wildman–Crippen MR) is 64.5 cm³/mol. The van der Waals surface area contributed by atoms with Crippen LogP contribution in [-0.2, 0) is 4.79 Å². The van der Waals surface area contributed by atoms with Crippen molar-refractivity contribution in [2.24, 2.45) is 0 Å². The molecule has 0 aliphatic carbocycles. The van der Waals surface area contributed by atoms with Gasteiger partial charge in [-0.2, -0.15) is 0 Å². The van der Waals surface area contributed by atoms with Gasteiger partial charge in [0.1, 0.15) is 0 Å². The van der Waals surface area contributed by atoms with Gasteiger partial charge in [-0.15, -0.1) is 0 Å². The molecule has 0 aromatic carbocycles. The van der Waals surface area contributed by atoms with Crippen LogP contribution < -0.4 is 10.6 Å². The van der Waals surface area contributed by atoms with Gasteiger partial charge < -0.3 is 10.6 Å². The fraction of sp³-hybridized carbons (Fsp3) is 0.417. The summed E-state index contributed by atoms with van der Waals surface area (Å²) in [5.41, 5.74) is 0.453. The van der Waals surface area contributed by atoms with E-state index in [0.29, 0.717) is 12.1 Å². The molecule has 92 valence electrons. The Morgan fingerprint density at radius 3 is 2.82 bits per heavy atom. The highest BCUT2D eigenvalue weighted by Crippen LogP contribution is 1.94. The van der Waals surface area contributed by atoms with Crippen molar-refractivity contribution >= 4 is 11.8 Å². The highest BCUT2D eigenvalue weighted by molar-refractivity contribution is 5.96. The van der Waals surface area contributed by atoms with Gasteiger partial charge in [-0.05, 0) is 18.6 Å². The van der Waals surface area contributed by atoms with Crippen molar-refractivity contribution in [2.75, 3.05) is 13.1 Å². The Morgan fingerprint density at radius 2 is 2.18 bits per heavy atom. The predicted octanol–water partition coefficient (Wildman–Crippen LogP) is 0.728. The van der Waals surface area contributed by atoms with E-state index >= 15 is 0 Å². The Hall–Kier alpha value is -1.91. The van der Waals surface area contributed by atoms with Crippen molar-refractivity contribution in [3.8, 4) is 0 Å². The molecule has 1 heterocycles. The minimum atomic E-state index is -0.288. The van der Waals surface area contributed by atoms with Crippen LogP contribution in [-0.4, -0.2) is 29.9 Å². The normalized spacial score (nSPS) is 9.71. The number of unbranched alkanes of at least 4 members (excludes halogenated alkanes) is 1. The number of rotatable bonds is 6. The van der Waals surface area contributed by atoms with Gasteiger partial charge >= 0.3 is 0 Å². The lowest BCUT2D eigenvalue weighted by atomic mass is 10.3. The second kappa shape index (κ2) is 7.38. The van der Waals surface area contributed by atoms with Gasteiger partial charge in [-0.1, -0.05) is 13.3 Å². The monoisotopic (exact) mass is 235 g/mol. The van der Waals surface area contributed by atoms with Gasteiger partial charge in [-0.25, -0.2) is 0 Å². The highest BCUT2D eigenvalue weighted by Gasteiger charge is 2.06. The van der Waals surface area contributed by atoms with Crippen LogP contribution >= 0.6 is 0 Å². The summed E-state index contributed by atoms with van der Waals surface area (Å²) in [4.78, 5) is 26.7. The molecule has 1 aromatic rings. The molecule has 0 spiro atoms. The van der Waals surface area contributed by atoms with Crippen LogP contribution in [0.2, 0.25) is 0 Å². The molecule has 0 unspecified atom stereocenters. The molecule has 2 amide bonds. The maximum atomic E-state index is 11.5. The highest BCUT2D eigenvalue weighted by atomic mass is 16.2. The minimum Gasteiger partial charge on any atom is -0.355 e. The molecule has 2 N–H and O–H groups in total. The summed E-state index contributed by atoms with van der Waals surface area (Å²) in [6.45, 7) is 2.70. The number of carbonyl (C=O) groups excluding carboxylic acids is 2. The average molecular weight is 235 g/mol. The third-order valence-electron chi connectivity index (χ3n) is 2.19. The van der Waals surface area contributed by atoms with Crippen LogP contribution in [0.1, 0.15) is 30.1 Å². The third-order valence-corrected chi connectivity index (χ3v) is 2.19. The molecule has 0 aliphatic rings. The Kier molecular flexibility index (Phi) is 5.71. The van der Waals surface area contributed by atoms with Crippen LogP contribution in [0.4, 0.5) is 0 Å². The fourth-order valence-corrected chi connectivity index (χ4v) is 1.23.